The zero-order valence-electron chi connectivity index (χ0n) is 8.51. The van der Waals surface area contributed by atoms with Crippen molar-refractivity contribution >= 4 is 23.3 Å². The Hall–Kier alpha value is -1.30. The van der Waals surface area contributed by atoms with Crippen LogP contribution in [0, 0.1) is 5.92 Å². The summed E-state index contributed by atoms with van der Waals surface area (Å²) in [5, 5.41) is 2.02. The lowest BCUT2D eigenvalue weighted by Gasteiger charge is -2.09. The van der Waals surface area contributed by atoms with Crippen molar-refractivity contribution in [3.63, 3.8) is 0 Å². The molecule has 0 unspecified atom stereocenters. The molecule has 0 saturated heterocycles. The van der Waals surface area contributed by atoms with Gasteiger partial charge >= 0.3 is 6.18 Å². The molecule has 1 saturated carbocycles. The van der Waals surface area contributed by atoms with E-state index in [0.717, 1.165) is 18.9 Å². The highest BCUT2D eigenvalue weighted by molar-refractivity contribution is 6.29. The second-order valence-electron chi connectivity index (χ2n) is 3.83. The van der Waals surface area contributed by atoms with Crippen molar-refractivity contribution < 1.29 is 18.0 Å². The fourth-order valence-corrected chi connectivity index (χ4v) is 1.51. The van der Waals surface area contributed by atoms with Gasteiger partial charge in [0.1, 0.15) is 11.0 Å². The zero-order chi connectivity index (χ0) is 12.6. The number of halogens is 4. The Morgan fingerprint density at radius 3 is 2.59 bits per heavy atom. The molecule has 1 aliphatic rings. The first-order valence-corrected chi connectivity index (χ1v) is 5.30. The lowest BCUT2D eigenvalue weighted by molar-refractivity contribution is -0.137. The van der Waals surface area contributed by atoms with Crippen molar-refractivity contribution in [1.82, 2.24) is 4.98 Å². The van der Waals surface area contributed by atoms with Crippen LogP contribution in [-0.4, -0.2) is 10.9 Å². The van der Waals surface area contributed by atoms with Gasteiger partial charge in [0.15, 0.2) is 0 Å². The summed E-state index contributed by atoms with van der Waals surface area (Å²) in [5.74, 6) is -0.584. The van der Waals surface area contributed by atoms with Gasteiger partial charge in [0, 0.05) is 5.92 Å². The summed E-state index contributed by atoms with van der Waals surface area (Å²) in [6.07, 6.45) is -2.98. The van der Waals surface area contributed by atoms with Crippen LogP contribution in [-0.2, 0) is 11.0 Å². The van der Waals surface area contributed by atoms with Crippen LogP contribution < -0.4 is 5.32 Å². The molecule has 1 aromatic rings. The maximum absolute atomic E-state index is 12.5. The van der Waals surface area contributed by atoms with Gasteiger partial charge in [0.05, 0.1) is 5.56 Å². The van der Waals surface area contributed by atoms with Gasteiger partial charge in [0.25, 0.3) is 0 Å². The normalized spacial score (nSPS) is 15.8. The molecule has 1 aliphatic carbocycles. The molecular formula is C10H8ClF3N2O. The number of amides is 1. The van der Waals surface area contributed by atoms with E-state index in [1.54, 1.807) is 0 Å². The number of carbonyl (C=O) groups is 1. The second-order valence-corrected chi connectivity index (χ2v) is 4.21. The molecule has 1 N–H and O–H groups in total. The zero-order valence-corrected chi connectivity index (χ0v) is 9.27. The van der Waals surface area contributed by atoms with E-state index in [9.17, 15) is 18.0 Å². The average molecular weight is 265 g/mol. The minimum Gasteiger partial charge on any atom is -0.310 e. The number of anilines is 1. The largest absolute Gasteiger partial charge is 0.416 e. The summed E-state index contributed by atoms with van der Waals surface area (Å²) in [7, 11) is 0. The molecule has 1 fully saturated rings. The minimum absolute atomic E-state index is 0.106. The van der Waals surface area contributed by atoms with Gasteiger partial charge in [-0.05, 0) is 25.0 Å². The number of nitrogens with one attached hydrogen (secondary N) is 1. The molecule has 0 spiro atoms. The highest BCUT2D eigenvalue weighted by atomic mass is 35.5. The number of aromatic nitrogens is 1. The van der Waals surface area contributed by atoms with Gasteiger partial charge in [-0.25, -0.2) is 4.98 Å². The van der Waals surface area contributed by atoms with Crippen LogP contribution in [0.25, 0.3) is 0 Å². The van der Waals surface area contributed by atoms with E-state index in [4.69, 9.17) is 11.6 Å². The number of carbonyl (C=O) groups excluding carboxylic acids is 1. The molecule has 1 heterocycles. The molecule has 3 nitrogen and oxygen atoms in total. The molecule has 2 rings (SSSR count). The van der Waals surface area contributed by atoms with Crippen molar-refractivity contribution in [2.45, 2.75) is 19.0 Å². The summed E-state index contributed by atoms with van der Waals surface area (Å²) in [6.45, 7) is 0. The van der Waals surface area contributed by atoms with Crippen LogP contribution in [0.5, 0.6) is 0 Å². The Kier molecular flexibility index (Phi) is 2.99. The number of rotatable bonds is 2. The number of pyridine rings is 1. The highest BCUT2D eigenvalue weighted by Crippen LogP contribution is 2.33. The summed E-state index contributed by atoms with van der Waals surface area (Å²) in [4.78, 5) is 15.0. The molecule has 0 atom stereocenters. The van der Waals surface area contributed by atoms with Crippen LogP contribution >= 0.6 is 11.6 Å². The summed E-state index contributed by atoms with van der Waals surface area (Å²) >= 11 is 5.47. The lowest BCUT2D eigenvalue weighted by Crippen LogP contribution is -2.15. The third-order valence-electron chi connectivity index (χ3n) is 2.32. The van der Waals surface area contributed by atoms with Gasteiger partial charge in [-0.1, -0.05) is 11.6 Å². The fourth-order valence-electron chi connectivity index (χ4n) is 1.30. The predicted octanol–water partition coefficient (Wildman–Crippen LogP) is 3.10. The molecule has 0 aliphatic heterocycles. The number of hydrogen-bond acceptors (Lipinski definition) is 2. The topological polar surface area (TPSA) is 42.0 Å². The molecule has 17 heavy (non-hydrogen) atoms. The third-order valence-corrected chi connectivity index (χ3v) is 2.51. The Labute approximate surface area is 100.0 Å². The van der Waals surface area contributed by atoms with Crippen LogP contribution in [0.4, 0.5) is 19.0 Å². The fraction of sp³-hybridized carbons (Fsp3) is 0.400. The quantitative estimate of drug-likeness (QED) is 0.834. The minimum atomic E-state index is -4.51. The maximum Gasteiger partial charge on any atom is 0.416 e. The molecule has 0 radical (unpaired) electrons. The molecule has 0 aromatic carbocycles. The summed E-state index contributed by atoms with van der Waals surface area (Å²) in [6, 6.07) is 1.49. The van der Waals surface area contributed by atoms with Crippen LogP contribution in [0.3, 0.4) is 0 Å². The van der Waals surface area contributed by atoms with Crippen LogP contribution in [0.1, 0.15) is 18.4 Å². The first kappa shape index (κ1) is 12.2. The van der Waals surface area contributed by atoms with Gasteiger partial charge in [-0.15, -0.1) is 0 Å². The van der Waals surface area contributed by atoms with Gasteiger partial charge < -0.3 is 5.32 Å². The molecule has 1 aromatic heterocycles. The molecule has 1 amide bonds. The highest BCUT2D eigenvalue weighted by Gasteiger charge is 2.33. The lowest BCUT2D eigenvalue weighted by atomic mass is 10.2. The van der Waals surface area contributed by atoms with E-state index in [2.05, 4.69) is 10.3 Å². The van der Waals surface area contributed by atoms with Gasteiger partial charge in [-0.2, -0.15) is 13.2 Å². The Balaban J connectivity index is 2.22. The second kappa shape index (κ2) is 4.18. The van der Waals surface area contributed by atoms with Crippen molar-refractivity contribution in [2.75, 3.05) is 5.32 Å². The first-order valence-electron chi connectivity index (χ1n) is 4.92. The van der Waals surface area contributed by atoms with Gasteiger partial charge in [0.2, 0.25) is 5.91 Å². The first-order chi connectivity index (χ1) is 7.86. The Bertz CT molecular complexity index is 457. The van der Waals surface area contributed by atoms with Crippen LogP contribution in [0.15, 0.2) is 12.1 Å². The van der Waals surface area contributed by atoms with E-state index in [1.165, 1.54) is 0 Å². The van der Waals surface area contributed by atoms with Gasteiger partial charge in [-0.3, -0.25) is 4.79 Å². The standard InChI is InChI=1S/C10H8ClF3N2O/c11-7-3-6(10(12,13)14)4-8(15-7)16-9(17)5-1-2-5/h3-5H,1-2H2,(H,15,16,17). The Morgan fingerprint density at radius 2 is 2.06 bits per heavy atom. The molecule has 0 bridgehead atoms. The van der Waals surface area contributed by atoms with E-state index >= 15 is 0 Å². The Morgan fingerprint density at radius 1 is 1.41 bits per heavy atom. The SMILES string of the molecule is O=C(Nc1cc(C(F)(F)F)cc(Cl)n1)C1CC1. The van der Waals surface area contributed by atoms with Crippen LogP contribution in [0.2, 0.25) is 5.15 Å². The van der Waals surface area contributed by atoms with E-state index in [-0.39, 0.29) is 22.8 Å². The third kappa shape index (κ3) is 3.09. The maximum atomic E-state index is 12.5. The monoisotopic (exact) mass is 264 g/mol. The smallest absolute Gasteiger partial charge is 0.310 e. The number of alkyl halides is 3. The van der Waals surface area contributed by atoms with Crippen molar-refractivity contribution in [1.29, 1.82) is 0 Å². The van der Waals surface area contributed by atoms with Crippen molar-refractivity contribution in [2.24, 2.45) is 5.92 Å². The summed E-state index contributed by atoms with van der Waals surface area (Å²) < 4.78 is 37.4. The van der Waals surface area contributed by atoms with Crippen molar-refractivity contribution in [3.05, 3.63) is 22.8 Å². The number of nitrogens with zero attached hydrogens (tertiary/aromatic N) is 1. The van der Waals surface area contributed by atoms with E-state index in [1.807, 2.05) is 0 Å². The number of hydrogen-bond donors (Lipinski definition) is 1. The van der Waals surface area contributed by atoms with Crippen molar-refractivity contribution in [3.8, 4) is 0 Å². The average Bonchev–Trinajstić information content (AvgIpc) is 2.97. The molecule has 7 heteroatoms. The molecular weight excluding hydrogens is 257 g/mol. The summed E-state index contributed by atoms with van der Waals surface area (Å²) in [5.41, 5.74) is -0.927. The molecule has 92 valence electrons. The predicted molar refractivity (Wildman–Crippen MR) is 55.6 cm³/mol. The van der Waals surface area contributed by atoms with E-state index < -0.39 is 11.7 Å². The van der Waals surface area contributed by atoms with E-state index in [0.29, 0.717) is 6.07 Å².